The second-order valence-corrected chi connectivity index (χ2v) is 14.4. The number of hydrogen-bond donors (Lipinski definition) is 1. The number of carbonyl (C=O) groups excluding carboxylic acids is 2. The molecular weight excluding hydrogens is 500 g/mol. The highest BCUT2D eigenvalue weighted by Crippen LogP contribution is 2.44. The van der Waals surface area contributed by atoms with E-state index in [9.17, 15) is 18.0 Å². The number of hydrogen-bond acceptors (Lipinski definition) is 5. The summed E-state index contributed by atoms with van der Waals surface area (Å²) in [6.45, 7) is 9.57. The zero-order chi connectivity index (χ0) is 27.2. The van der Waals surface area contributed by atoms with Gasteiger partial charge in [-0.15, -0.1) is 0 Å². The second kappa shape index (κ2) is 10.4. The molecule has 1 spiro atoms. The third kappa shape index (κ3) is 5.28. The summed E-state index contributed by atoms with van der Waals surface area (Å²) in [5.74, 6) is 2.04. The fraction of sp³-hybridized carbons (Fsp3) is 0.690. The van der Waals surface area contributed by atoms with Crippen molar-refractivity contribution in [2.75, 3.05) is 30.3 Å². The van der Waals surface area contributed by atoms with Crippen LogP contribution >= 0.6 is 0 Å². The standard InChI is InChI=1S/C29H42N4O4S/c1-19(2)22-5-7-23(8-6-22)26-17-29(31-26)10-12-32(13-11-29)38(36,37)14-9-25-20(3)15-24(16-21(25)4)33-27(34)18-30-28(33)35/h15-16,19,22-23H,5-14,17-18H2,1-4H3,(H,30,35). The second-order valence-electron chi connectivity index (χ2n) is 12.3. The van der Waals surface area contributed by atoms with Crippen LogP contribution in [0.1, 0.15) is 75.5 Å². The van der Waals surface area contributed by atoms with E-state index in [2.05, 4.69) is 19.2 Å². The predicted molar refractivity (Wildman–Crippen MR) is 150 cm³/mol. The number of sulfonamides is 1. The summed E-state index contributed by atoms with van der Waals surface area (Å²) >= 11 is 0. The van der Waals surface area contributed by atoms with Crippen molar-refractivity contribution in [2.45, 2.75) is 84.6 Å². The van der Waals surface area contributed by atoms with Crippen LogP contribution in [0.4, 0.5) is 10.5 Å². The highest BCUT2D eigenvalue weighted by atomic mass is 32.2. The van der Waals surface area contributed by atoms with Crippen LogP contribution in [0.2, 0.25) is 0 Å². The van der Waals surface area contributed by atoms with E-state index in [1.807, 2.05) is 13.8 Å². The number of amides is 3. The van der Waals surface area contributed by atoms with E-state index in [-0.39, 0.29) is 23.7 Å². The zero-order valence-electron chi connectivity index (χ0n) is 23.3. The monoisotopic (exact) mass is 542 g/mol. The van der Waals surface area contributed by atoms with Gasteiger partial charge in [0.05, 0.1) is 23.5 Å². The minimum Gasteiger partial charge on any atom is -0.328 e. The first-order valence-corrected chi connectivity index (χ1v) is 15.9. The van der Waals surface area contributed by atoms with Gasteiger partial charge in [-0.2, -0.15) is 0 Å². The maximum Gasteiger partial charge on any atom is 0.329 e. The molecule has 4 aliphatic rings. The van der Waals surface area contributed by atoms with Gasteiger partial charge >= 0.3 is 6.03 Å². The zero-order valence-corrected chi connectivity index (χ0v) is 24.1. The first-order chi connectivity index (χ1) is 18.0. The van der Waals surface area contributed by atoms with Crippen molar-refractivity contribution in [2.24, 2.45) is 22.7 Å². The molecule has 5 rings (SSSR count). The van der Waals surface area contributed by atoms with Crippen LogP contribution in [0, 0.1) is 31.6 Å². The van der Waals surface area contributed by atoms with Gasteiger partial charge in [0.1, 0.15) is 0 Å². The first-order valence-electron chi connectivity index (χ1n) is 14.3. The van der Waals surface area contributed by atoms with E-state index in [4.69, 9.17) is 4.99 Å². The van der Waals surface area contributed by atoms with Crippen molar-refractivity contribution in [3.8, 4) is 0 Å². The molecular formula is C29H42N4O4S. The van der Waals surface area contributed by atoms with Crippen LogP contribution in [-0.4, -0.2) is 61.3 Å². The number of nitrogens with one attached hydrogen (secondary N) is 1. The van der Waals surface area contributed by atoms with Gasteiger partial charge in [-0.05, 0) is 105 Å². The molecule has 1 aromatic carbocycles. The van der Waals surface area contributed by atoms with Gasteiger partial charge in [-0.3, -0.25) is 9.79 Å². The average Bonchev–Trinajstić information content (AvgIpc) is 3.19. The van der Waals surface area contributed by atoms with Gasteiger partial charge in [0.25, 0.3) is 5.91 Å². The van der Waals surface area contributed by atoms with Crippen molar-refractivity contribution in [3.63, 3.8) is 0 Å². The summed E-state index contributed by atoms with van der Waals surface area (Å²) in [6.07, 6.45) is 8.25. The summed E-state index contributed by atoms with van der Waals surface area (Å²) < 4.78 is 28.1. The van der Waals surface area contributed by atoms with E-state index < -0.39 is 16.1 Å². The van der Waals surface area contributed by atoms with Crippen LogP contribution < -0.4 is 10.2 Å². The third-order valence-electron chi connectivity index (χ3n) is 9.52. The number of anilines is 1. The number of nitrogens with zero attached hydrogens (tertiary/aromatic N) is 3. The molecule has 0 radical (unpaired) electrons. The summed E-state index contributed by atoms with van der Waals surface area (Å²) in [4.78, 5) is 30.4. The Kier molecular flexibility index (Phi) is 7.46. The van der Waals surface area contributed by atoms with Gasteiger partial charge in [0.2, 0.25) is 10.0 Å². The molecule has 8 nitrogen and oxygen atoms in total. The van der Waals surface area contributed by atoms with Crippen LogP contribution in [0.15, 0.2) is 17.1 Å². The van der Waals surface area contributed by atoms with E-state index in [0.717, 1.165) is 52.7 Å². The topological polar surface area (TPSA) is 99.2 Å². The molecule has 3 aliphatic heterocycles. The van der Waals surface area contributed by atoms with Crippen LogP contribution in [0.3, 0.4) is 0 Å². The number of carbonyl (C=O) groups is 2. The summed E-state index contributed by atoms with van der Waals surface area (Å²) in [6, 6.07) is 3.17. The predicted octanol–water partition coefficient (Wildman–Crippen LogP) is 4.37. The van der Waals surface area contributed by atoms with Crippen molar-refractivity contribution in [1.29, 1.82) is 0 Å². The largest absolute Gasteiger partial charge is 0.329 e. The lowest BCUT2D eigenvalue weighted by Crippen LogP contribution is -2.52. The lowest BCUT2D eigenvalue weighted by Gasteiger charge is -2.47. The third-order valence-corrected chi connectivity index (χ3v) is 11.4. The lowest BCUT2D eigenvalue weighted by atomic mass is 9.69. The van der Waals surface area contributed by atoms with Crippen molar-refractivity contribution < 1.29 is 18.0 Å². The van der Waals surface area contributed by atoms with Gasteiger partial charge < -0.3 is 5.32 Å². The van der Waals surface area contributed by atoms with Gasteiger partial charge in [0.15, 0.2) is 0 Å². The maximum atomic E-state index is 13.2. The van der Waals surface area contributed by atoms with Gasteiger partial charge in [0, 0.05) is 25.2 Å². The SMILES string of the molecule is Cc1cc(N2C(=O)CNC2=O)cc(C)c1CCS(=O)(=O)N1CCC2(CC1)CC(C1CCC(C(C)C)CC1)=N2. The molecule has 208 valence electrons. The molecule has 0 unspecified atom stereocenters. The number of urea groups is 1. The molecule has 38 heavy (non-hydrogen) atoms. The molecule has 0 aromatic heterocycles. The first kappa shape index (κ1) is 27.3. The number of aryl methyl sites for hydroxylation is 2. The summed E-state index contributed by atoms with van der Waals surface area (Å²) in [5, 5.41) is 2.54. The number of benzene rings is 1. The normalized spacial score (nSPS) is 26.0. The van der Waals surface area contributed by atoms with Crippen molar-refractivity contribution in [3.05, 3.63) is 28.8 Å². The molecule has 1 aliphatic carbocycles. The Morgan fingerprint density at radius 1 is 1.05 bits per heavy atom. The summed E-state index contributed by atoms with van der Waals surface area (Å²) in [7, 11) is -3.38. The maximum absolute atomic E-state index is 13.2. The fourth-order valence-corrected chi connectivity index (χ4v) is 8.45. The highest BCUT2D eigenvalue weighted by molar-refractivity contribution is 7.89. The molecule has 1 aromatic rings. The Bertz CT molecular complexity index is 1200. The minimum atomic E-state index is -3.38. The number of imide groups is 1. The van der Waals surface area contributed by atoms with Crippen molar-refractivity contribution in [1.82, 2.24) is 9.62 Å². The minimum absolute atomic E-state index is 0.0000323. The molecule has 2 saturated heterocycles. The number of rotatable bonds is 7. The Hall–Kier alpha value is -2.26. The van der Waals surface area contributed by atoms with E-state index in [0.29, 0.717) is 31.1 Å². The highest BCUT2D eigenvalue weighted by Gasteiger charge is 2.45. The lowest BCUT2D eigenvalue weighted by molar-refractivity contribution is -0.115. The Morgan fingerprint density at radius 3 is 2.18 bits per heavy atom. The average molecular weight is 543 g/mol. The van der Waals surface area contributed by atoms with Gasteiger partial charge in [-0.25, -0.2) is 22.4 Å². The van der Waals surface area contributed by atoms with E-state index in [1.165, 1.54) is 31.4 Å². The number of aliphatic imine (C=N–C) groups is 1. The van der Waals surface area contributed by atoms with Crippen LogP contribution in [0.5, 0.6) is 0 Å². The Labute approximate surface area is 227 Å². The molecule has 9 heteroatoms. The number of piperidine rings is 1. The Morgan fingerprint density at radius 2 is 1.66 bits per heavy atom. The molecule has 0 bridgehead atoms. The molecule has 3 amide bonds. The fourth-order valence-electron chi connectivity index (χ4n) is 6.99. The van der Waals surface area contributed by atoms with Crippen molar-refractivity contribution >= 4 is 33.4 Å². The van der Waals surface area contributed by atoms with Gasteiger partial charge in [-0.1, -0.05) is 13.8 Å². The van der Waals surface area contributed by atoms with Crippen LogP contribution in [0.25, 0.3) is 0 Å². The molecule has 1 saturated carbocycles. The molecule has 3 heterocycles. The molecule has 3 fully saturated rings. The Balaban J connectivity index is 1.15. The van der Waals surface area contributed by atoms with E-state index in [1.54, 1.807) is 16.4 Å². The molecule has 0 atom stereocenters. The molecule has 1 N–H and O–H groups in total. The van der Waals surface area contributed by atoms with E-state index >= 15 is 0 Å². The quantitative estimate of drug-likeness (QED) is 0.517. The van der Waals surface area contributed by atoms with Crippen LogP contribution in [-0.2, 0) is 21.2 Å². The smallest absolute Gasteiger partial charge is 0.328 e. The summed E-state index contributed by atoms with van der Waals surface area (Å²) in [5.41, 5.74) is 4.63.